The SMILES string of the molecule is CCCC(CO)(CNC(=O)OC(C)(C)C)CC1CCCCC1. The number of rotatable bonds is 7. The normalized spacial score (nSPS) is 19.5. The lowest BCUT2D eigenvalue weighted by Gasteiger charge is -2.37. The van der Waals surface area contributed by atoms with E-state index in [2.05, 4.69) is 12.2 Å². The topological polar surface area (TPSA) is 58.6 Å². The Bertz CT molecular complexity index is 332. The number of carbonyl (C=O) groups excluding carboxylic acids is 1. The minimum absolute atomic E-state index is 0.132. The molecule has 0 aromatic heterocycles. The van der Waals surface area contributed by atoms with Crippen LogP contribution in [0.2, 0.25) is 0 Å². The molecule has 1 rings (SSSR count). The molecule has 22 heavy (non-hydrogen) atoms. The first-order valence-corrected chi connectivity index (χ1v) is 8.88. The molecule has 130 valence electrons. The van der Waals surface area contributed by atoms with E-state index < -0.39 is 5.60 Å². The van der Waals surface area contributed by atoms with Gasteiger partial charge in [0.2, 0.25) is 0 Å². The highest BCUT2D eigenvalue weighted by Crippen LogP contribution is 2.37. The molecule has 4 nitrogen and oxygen atoms in total. The predicted molar refractivity (Wildman–Crippen MR) is 89.9 cm³/mol. The monoisotopic (exact) mass is 313 g/mol. The second-order valence-electron chi connectivity index (χ2n) is 7.97. The van der Waals surface area contributed by atoms with Crippen molar-refractivity contribution in [3.8, 4) is 0 Å². The van der Waals surface area contributed by atoms with E-state index >= 15 is 0 Å². The first kappa shape index (κ1) is 19.3. The summed E-state index contributed by atoms with van der Waals surface area (Å²) in [5, 5.41) is 12.9. The van der Waals surface area contributed by atoms with Gasteiger partial charge in [0.05, 0.1) is 6.61 Å². The molecule has 1 atom stereocenters. The molecule has 1 aliphatic carbocycles. The summed E-state index contributed by atoms with van der Waals surface area (Å²) in [7, 11) is 0. The second kappa shape index (κ2) is 8.76. The van der Waals surface area contributed by atoms with Crippen LogP contribution in [0.1, 0.15) is 79.1 Å². The average molecular weight is 313 g/mol. The fourth-order valence-electron chi connectivity index (χ4n) is 3.57. The Hall–Kier alpha value is -0.770. The van der Waals surface area contributed by atoms with Crippen molar-refractivity contribution in [3.63, 3.8) is 0 Å². The Kier molecular flexibility index (Phi) is 7.67. The van der Waals surface area contributed by atoms with E-state index in [1.54, 1.807) is 0 Å². The summed E-state index contributed by atoms with van der Waals surface area (Å²) in [4.78, 5) is 11.9. The standard InChI is InChI=1S/C18H35NO3/c1-5-11-18(14-20,12-15-9-7-6-8-10-15)13-19-16(21)22-17(2,3)4/h15,20H,5-14H2,1-4H3,(H,19,21). The van der Waals surface area contributed by atoms with E-state index in [0.29, 0.717) is 12.5 Å². The zero-order chi connectivity index (χ0) is 16.6. The van der Waals surface area contributed by atoms with Crippen LogP contribution in [0.4, 0.5) is 4.79 Å². The lowest BCUT2D eigenvalue weighted by molar-refractivity contribution is 0.0401. The van der Waals surface area contributed by atoms with Crippen LogP contribution in [0, 0.1) is 11.3 Å². The van der Waals surface area contributed by atoms with Crippen LogP contribution in [0.25, 0.3) is 0 Å². The van der Waals surface area contributed by atoms with E-state index in [1.807, 2.05) is 20.8 Å². The van der Waals surface area contributed by atoms with Crippen LogP contribution in [0.15, 0.2) is 0 Å². The highest BCUT2D eigenvalue weighted by molar-refractivity contribution is 5.67. The Labute approximate surface area is 136 Å². The van der Waals surface area contributed by atoms with Crippen molar-refractivity contribution in [1.82, 2.24) is 5.32 Å². The molecule has 0 saturated heterocycles. The van der Waals surface area contributed by atoms with Gasteiger partial charge in [0, 0.05) is 12.0 Å². The lowest BCUT2D eigenvalue weighted by Crippen LogP contribution is -2.43. The summed E-state index contributed by atoms with van der Waals surface area (Å²) in [5.74, 6) is 0.688. The van der Waals surface area contributed by atoms with Crippen LogP contribution in [-0.2, 0) is 4.74 Å². The smallest absolute Gasteiger partial charge is 0.407 e. The van der Waals surface area contributed by atoms with Crippen molar-refractivity contribution >= 4 is 6.09 Å². The number of alkyl carbamates (subject to hydrolysis) is 1. The molecule has 0 spiro atoms. The molecule has 0 radical (unpaired) electrons. The van der Waals surface area contributed by atoms with Crippen molar-refractivity contribution in [2.45, 2.75) is 84.7 Å². The van der Waals surface area contributed by atoms with Crippen molar-refractivity contribution in [3.05, 3.63) is 0 Å². The molecule has 1 fully saturated rings. The molecular weight excluding hydrogens is 278 g/mol. The number of amides is 1. The first-order chi connectivity index (χ1) is 10.3. The maximum atomic E-state index is 11.9. The van der Waals surface area contributed by atoms with Crippen LogP contribution in [0.3, 0.4) is 0 Å². The highest BCUT2D eigenvalue weighted by atomic mass is 16.6. The van der Waals surface area contributed by atoms with Crippen LogP contribution < -0.4 is 5.32 Å². The molecule has 1 unspecified atom stereocenters. The largest absolute Gasteiger partial charge is 0.444 e. The van der Waals surface area contributed by atoms with Gasteiger partial charge in [-0.15, -0.1) is 0 Å². The Morgan fingerprint density at radius 1 is 1.23 bits per heavy atom. The molecule has 1 saturated carbocycles. The summed E-state index contributed by atoms with van der Waals surface area (Å²) in [5.41, 5.74) is -0.687. The van der Waals surface area contributed by atoms with Crippen molar-refractivity contribution in [1.29, 1.82) is 0 Å². The Morgan fingerprint density at radius 3 is 2.36 bits per heavy atom. The molecule has 4 heteroatoms. The number of aliphatic hydroxyl groups excluding tert-OH is 1. The molecule has 0 aromatic carbocycles. The fraction of sp³-hybridized carbons (Fsp3) is 0.944. The third kappa shape index (κ3) is 6.99. The summed E-state index contributed by atoms with van der Waals surface area (Å²) >= 11 is 0. The van der Waals surface area contributed by atoms with Gasteiger partial charge in [0.1, 0.15) is 5.60 Å². The van der Waals surface area contributed by atoms with Gasteiger partial charge in [-0.2, -0.15) is 0 Å². The number of hydrogen-bond acceptors (Lipinski definition) is 3. The minimum Gasteiger partial charge on any atom is -0.444 e. The van der Waals surface area contributed by atoms with Gasteiger partial charge in [-0.25, -0.2) is 4.79 Å². The number of aliphatic hydroxyl groups is 1. The van der Waals surface area contributed by atoms with Gasteiger partial charge in [-0.3, -0.25) is 0 Å². The molecule has 1 amide bonds. The van der Waals surface area contributed by atoms with Gasteiger partial charge in [0.15, 0.2) is 0 Å². The van der Waals surface area contributed by atoms with Gasteiger partial charge in [-0.05, 0) is 39.5 Å². The highest BCUT2D eigenvalue weighted by Gasteiger charge is 2.33. The van der Waals surface area contributed by atoms with Gasteiger partial charge in [0.25, 0.3) is 0 Å². The van der Waals surface area contributed by atoms with Crippen molar-refractivity contribution < 1.29 is 14.6 Å². The third-order valence-corrected chi connectivity index (χ3v) is 4.57. The Morgan fingerprint density at radius 2 is 1.86 bits per heavy atom. The van der Waals surface area contributed by atoms with Crippen LogP contribution in [-0.4, -0.2) is 30.0 Å². The zero-order valence-electron chi connectivity index (χ0n) is 14.9. The molecule has 0 heterocycles. The van der Waals surface area contributed by atoms with Crippen molar-refractivity contribution in [2.24, 2.45) is 11.3 Å². The molecule has 0 aliphatic heterocycles. The number of nitrogens with one attached hydrogen (secondary N) is 1. The van der Waals surface area contributed by atoms with E-state index in [1.165, 1.54) is 32.1 Å². The number of carbonyl (C=O) groups is 1. The molecular formula is C18H35NO3. The van der Waals surface area contributed by atoms with E-state index in [0.717, 1.165) is 19.3 Å². The summed E-state index contributed by atoms with van der Waals surface area (Å²) in [6, 6.07) is 0. The first-order valence-electron chi connectivity index (χ1n) is 8.88. The maximum absolute atomic E-state index is 11.9. The lowest BCUT2D eigenvalue weighted by atomic mass is 9.72. The van der Waals surface area contributed by atoms with Crippen LogP contribution in [0.5, 0.6) is 0 Å². The summed E-state index contributed by atoms with van der Waals surface area (Å²) in [6.07, 6.45) is 9.05. The van der Waals surface area contributed by atoms with E-state index in [-0.39, 0.29) is 18.1 Å². The average Bonchev–Trinajstić information content (AvgIpc) is 2.44. The van der Waals surface area contributed by atoms with E-state index in [9.17, 15) is 9.90 Å². The minimum atomic E-state index is -0.486. The number of hydrogen-bond donors (Lipinski definition) is 2. The second-order valence-corrected chi connectivity index (χ2v) is 7.97. The summed E-state index contributed by atoms with van der Waals surface area (Å²) in [6.45, 7) is 8.36. The van der Waals surface area contributed by atoms with E-state index in [4.69, 9.17) is 4.74 Å². The number of ether oxygens (including phenoxy) is 1. The van der Waals surface area contributed by atoms with Crippen LogP contribution >= 0.6 is 0 Å². The quantitative estimate of drug-likeness (QED) is 0.738. The third-order valence-electron chi connectivity index (χ3n) is 4.57. The fourth-order valence-corrected chi connectivity index (χ4v) is 3.57. The predicted octanol–water partition coefficient (Wildman–Crippen LogP) is 4.26. The molecule has 0 aromatic rings. The molecule has 0 bridgehead atoms. The van der Waals surface area contributed by atoms with Crippen molar-refractivity contribution in [2.75, 3.05) is 13.2 Å². The van der Waals surface area contributed by atoms with Gasteiger partial charge >= 0.3 is 6.09 Å². The zero-order valence-corrected chi connectivity index (χ0v) is 14.9. The summed E-state index contributed by atoms with van der Waals surface area (Å²) < 4.78 is 5.31. The Balaban J connectivity index is 2.59. The maximum Gasteiger partial charge on any atom is 0.407 e. The van der Waals surface area contributed by atoms with Gasteiger partial charge < -0.3 is 15.2 Å². The molecule has 2 N–H and O–H groups in total. The molecule has 1 aliphatic rings. The van der Waals surface area contributed by atoms with Gasteiger partial charge in [-0.1, -0.05) is 45.4 Å².